The number of carboxylic acids is 1. The molecule has 4 nitrogen and oxygen atoms in total. The van der Waals surface area contributed by atoms with E-state index in [0.29, 0.717) is 12.0 Å². The second kappa shape index (κ2) is 4.47. The fraction of sp³-hybridized carbons (Fsp3) is 0.273. The van der Waals surface area contributed by atoms with Crippen molar-refractivity contribution >= 4 is 5.97 Å². The van der Waals surface area contributed by atoms with E-state index in [0.717, 1.165) is 0 Å². The summed E-state index contributed by atoms with van der Waals surface area (Å²) in [4.78, 5) is 10.9. The lowest BCUT2D eigenvalue weighted by Crippen LogP contribution is -2.11. The predicted molar refractivity (Wildman–Crippen MR) is 53.5 cm³/mol. The van der Waals surface area contributed by atoms with Crippen LogP contribution >= 0.6 is 0 Å². The molecule has 4 heteroatoms. The van der Waals surface area contributed by atoms with E-state index in [1.807, 2.05) is 6.07 Å². The van der Waals surface area contributed by atoms with Crippen LogP contribution in [-0.4, -0.2) is 16.2 Å². The van der Waals surface area contributed by atoms with Crippen LogP contribution in [0.4, 0.5) is 0 Å². The largest absolute Gasteiger partial charge is 0.508 e. The first-order valence-corrected chi connectivity index (χ1v) is 4.56. The lowest BCUT2D eigenvalue weighted by molar-refractivity contribution is -0.138. The summed E-state index contributed by atoms with van der Waals surface area (Å²) in [5.41, 5.74) is 0.662. The molecule has 0 aliphatic heterocycles. The van der Waals surface area contributed by atoms with E-state index in [4.69, 9.17) is 15.5 Å². The van der Waals surface area contributed by atoms with E-state index in [1.54, 1.807) is 6.92 Å². The van der Waals surface area contributed by atoms with E-state index in [9.17, 15) is 4.79 Å². The van der Waals surface area contributed by atoms with Crippen molar-refractivity contribution in [1.82, 2.24) is 0 Å². The standard InChI is InChI=1S/C11H11NO3/c1-2-9(11(14)15)10-4-3-8(13)5-7(10)6-12/h3-5,9,13H,2H2,1H3,(H,14,15). The summed E-state index contributed by atoms with van der Waals surface area (Å²) in [6.45, 7) is 1.74. The van der Waals surface area contributed by atoms with E-state index in [2.05, 4.69) is 0 Å². The van der Waals surface area contributed by atoms with Crippen LogP contribution in [0.2, 0.25) is 0 Å². The minimum Gasteiger partial charge on any atom is -0.508 e. The van der Waals surface area contributed by atoms with E-state index in [1.165, 1.54) is 18.2 Å². The van der Waals surface area contributed by atoms with Gasteiger partial charge in [-0.15, -0.1) is 0 Å². The Morgan fingerprint density at radius 2 is 2.27 bits per heavy atom. The fourth-order valence-corrected chi connectivity index (χ4v) is 1.47. The van der Waals surface area contributed by atoms with Gasteiger partial charge >= 0.3 is 5.97 Å². The summed E-state index contributed by atoms with van der Waals surface area (Å²) in [5, 5.41) is 26.9. The van der Waals surface area contributed by atoms with Gasteiger partial charge in [-0.1, -0.05) is 13.0 Å². The number of phenols is 1. The van der Waals surface area contributed by atoms with Crippen LogP contribution in [0.1, 0.15) is 30.4 Å². The van der Waals surface area contributed by atoms with Gasteiger partial charge in [-0.3, -0.25) is 4.79 Å². The Balaban J connectivity index is 3.24. The zero-order chi connectivity index (χ0) is 11.4. The molecule has 0 spiro atoms. The van der Waals surface area contributed by atoms with E-state index >= 15 is 0 Å². The maximum Gasteiger partial charge on any atom is 0.311 e. The van der Waals surface area contributed by atoms with Gasteiger partial charge in [-0.2, -0.15) is 5.26 Å². The molecule has 2 N–H and O–H groups in total. The smallest absolute Gasteiger partial charge is 0.311 e. The molecule has 1 atom stereocenters. The van der Waals surface area contributed by atoms with Crippen LogP contribution in [0.3, 0.4) is 0 Å². The topological polar surface area (TPSA) is 81.3 Å². The number of hydrogen-bond donors (Lipinski definition) is 2. The molecule has 0 radical (unpaired) electrons. The summed E-state index contributed by atoms with van der Waals surface area (Å²) in [5.74, 6) is -1.68. The first kappa shape index (κ1) is 11.1. The first-order chi connectivity index (χ1) is 7.10. The number of rotatable bonds is 3. The molecular formula is C11H11NO3. The van der Waals surface area contributed by atoms with Gasteiger partial charge in [0.05, 0.1) is 17.6 Å². The van der Waals surface area contributed by atoms with Crippen LogP contribution in [-0.2, 0) is 4.79 Å². The summed E-state index contributed by atoms with van der Waals surface area (Å²) in [7, 11) is 0. The van der Waals surface area contributed by atoms with Crippen molar-refractivity contribution in [1.29, 1.82) is 5.26 Å². The molecule has 1 rings (SSSR count). The molecule has 0 heterocycles. The molecule has 0 fully saturated rings. The van der Waals surface area contributed by atoms with Gasteiger partial charge in [0.15, 0.2) is 0 Å². The molecule has 1 aromatic carbocycles. The average molecular weight is 205 g/mol. The monoisotopic (exact) mass is 205 g/mol. The molecule has 0 amide bonds. The highest BCUT2D eigenvalue weighted by atomic mass is 16.4. The minimum absolute atomic E-state index is 0.0319. The highest BCUT2D eigenvalue weighted by Crippen LogP contribution is 2.26. The fourth-order valence-electron chi connectivity index (χ4n) is 1.47. The number of phenolic OH excluding ortho intramolecular Hbond substituents is 1. The molecule has 0 saturated heterocycles. The van der Waals surface area contributed by atoms with Gasteiger partial charge in [0.1, 0.15) is 5.75 Å². The zero-order valence-corrected chi connectivity index (χ0v) is 8.27. The highest BCUT2D eigenvalue weighted by Gasteiger charge is 2.20. The number of aromatic hydroxyl groups is 1. The molecule has 1 unspecified atom stereocenters. The van der Waals surface area contributed by atoms with Crippen LogP contribution in [0, 0.1) is 11.3 Å². The van der Waals surface area contributed by atoms with Crippen molar-refractivity contribution in [3.8, 4) is 11.8 Å². The number of aliphatic carboxylic acids is 1. The summed E-state index contributed by atoms with van der Waals surface area (Å²) in [6, 6.07) is 6.03. The van der Waals surface area contributed by atoms with Crippen LogP contribution < -0.4 is 0 Å². The minimum atomic E-state index is -0.959. The average Bonchev–Trinajstić information content (AvgIpc) is 2.20. The number of carbonyl (C=O) groups is 1. The van der Waals surface area contributed by atoms with Gasteiger partial charge in [0.25, 0.3) is 0 Å². The second-order valence-electron chi connectivity index (χ2n) is 3.18. The van der Waals surface area contributed by atoms with Gasteiger partial charge in [0.2, 0.25) is 0 Å². The molecule has 0 saturated carbocycles. The molecule has 0 aliphatic rings. The van der Waals surface area contributed by atoms with E-state index < -0.39 is 11.9 Å². The maximum absolute atomic E-state index is 10.9. The summed E-state index contributed by atoms with van der Waals surface area (Å²) >= 11 is 0. The lowest BCUT2D eigenvalue weighted by atomic mass is 9.92. The third-order valence-electron chi connectivity index (χ3n) is 2.24. The molecule has 78 valence electrons. The van der Waals surface area contributed by atoms with Crippen molar-refractivity contribution < 1.29 is 15.0 Å². The number of benzene rings is 1. The summed E-state index contributed by atoms with van der Waals surface area (Å²) < 4.78 is 0. The quantitative estimate of drug-likeness (QED) is 0.788. The van der Waals surface area contributed by atoms with Crippen molar-refractivity contribution in [3.63, 3.8) is 0 Å². The van der Waals surface area contributed by atoms with E-state index in [-0.39, 0.29) is 11.3 Å². The van der Waals surface area contributed by atoms with Crippen LogP contribution in [0.25, 0.3) is 0 Å². The second-order valence-corrected chi connectivity index (χ2v) is 3.18. The number of carboxylic acid groups (broad SMARTS) is 1. The van der Waals surface area contributed by atoms with Crippen molar-refractivity contribution in [2.45, 2.75) is 19.3 Å². The van der Waals surface area contributed by atoms with Gasteiger partial charge in [0, 0.05) is 0 Å². The van der Waals surface area contributed by atoms with Gasteiger partial charge < -0.3 is 10.2 Å². The SMILES string of the molecule is CCC(C(=O)O)c1ccc(O)cc1C#N. The Labute approximate surface area is 87.4 Å². The zero-order valence-electron chi connectivity index (χ0n) is 8.27. The number of nitrogens with zero attached hydrogens (tertiary/aromatic N) is 1. The van der Waals surface area contributed by atoms with Crippen LogP contribution in [0.5, 0.6) is 5.75 Å². The number of hydrogen-bond acceptors (Lipinski definition) is 3. The van der Waals surface area contributed by atoms with Crippen molar-refractivity contribution in [2.24, 2.45) is 0 Å². The normalized spacial score (nSPS) is 11.7. The third-order valence-corrected chi connectivity index (χ3v) is 2.24. The Hall–Kier alpha value is -2.02. The first-order valence-electron chi connectivity index (χ1n) is 4.56. The van der Waals surface area contributed by atoms with Crippen molar-refractivity contribution in [3.05, 3.63) is 29.3 Å². The number of nitriles is 1. The molecule has 0 aliphatic carbocycles. The van der Waals surface area contributed by atoms with Crippen molar-refractivity contribution in [2.75, 3.05) is 0 Å². The Morgan fingerprint density at radius 3 is 2.73 bits per heavy atom. The molecule has 0 aromatic heterocycles. The summed E-state index contributed by atoms with van der Waals surface area (Å²) in [6.07, 6.45) is 0.411. The Morgan fingerprint density at radius 1 is 1.60 bits per heavy atom. The third kappa shape index (κ3) is 2.26. The lowest BCUT2D eigenvalue weighted by Gasteiger charge is -2.11. The predicted octanol–water partition coefficient (Wildman–Crippen LogP) is 1.84. The van der Waals surface area contributed by atoms with Gasteiger partial charge in [-0.25, -0.2) is 0 Å². The molecule has 0 bridgehead atoms. The molecular weight excluding hydrogens is 194 g/mol. The highest BCUT2D eigenvalue weighted by molar-refractivity contribution is 5.77. The van der Waals surface area contributed by atoms with Gasteiger partial charge in [-0.05, 0) is 24.1 Å². The maximum atomic E-state index is 10.9. The molecule has 15 heavy (non-hydrogen) atoms. The molecule has 1 aromatic rings. The Kier molecular flexibility index (Phi) is 3.29. The Bertz CT molecular complexity index is 420. The van der Waals surface area contributed by atoms with Crippen LogP contribution in [0.15, 0.2) is 18.2 Å².